The molecule has 3 aromatic rings. The Labute approximate surface area is 172 Å². The first-order valence-electron chi connectivity index (χ1n) is 9.45. The van der Waals surface area contributed by atoms with Gasteiger partial charge >= 0.3 is 0 Å². The third-order valence-corrected chi connectivity index (χ3v) is 7.18. The van der Waals surface area contributed by atoms with E-state index in [2.05, 4.69) is 15.0 Å². The molecule has 146 valence electrons. The normalized spacial score (nSPS) is 15.2. The molecule has 28 heavy (non-hydrogen) atoms. The quantitative estimate of drug-likeness (QED) is 0.648. The van der Waals surface area contributed by atoms with Crippen molar-refractivity contribution >= 4 is 28.6 Å². The van der Waals surface area contributed by atoms with Crippen molar-refractivity contribution in [2.24, 2.45) is 0 Å². The Balaban J connectivity index is 1.40. The lowest BCUT2D eigenvalue weighted by Crippen LogP contribution is -2.38. The average molecular weight is 414 g/mol. The SMILES string of the molecule is Cc1nccc(-c2sc(C3CCN(C(=O)Cc4csc(C)n4)CC3)nc2C)n1. The summed E-state index contributed by atoms with van der Waals surface area (Å²) in [6, 6.07) is 1.94. The number of rotatable bonds is 4. The molecule has 0 spiro atoms. The minimum atomic E-state index is 0.177. The Morgan fingerprint density at radius 3 is 2.64 bits per heavy atom. The van der Waals surface area contributed by atoms with Gasteiger partial charge in [0, 0.05) is 30.6 Å². The molecule has 0 bridgehead atoms. The summed E-state index contributed by atoms with van der Waals surface area (Å²) in [5, 5.41) is 4.15. The highest BCUT2D eigenvalue weighted by Crippen LogP contribution is 2.36. The smallest absolute Gasteiger partial charge is 0.228 e. The van der Waals surface area contributed by atoms with E-state index < -0.39 is 0 Å². The summed E-state index contributed by atoms with van der Waals surface area (Å²) in [6.45, 7) is 7.49. The number of amides is 1. The van der Waals surface area contributed by atoms with Gasteiger partial charge in [0.25, 0.3) is 0 Å². The van der Waals surface area contributed by atoms with Gasteiger partial charge in [0.1, 0.15) is 5.82 Å². The van der Waals surface area contributed by atoms with Gasteiger partial charge in [-0.25, -0.2) is 19.9 Å². The van der Waals surface area contributed by atoms with Crippen molar-refractivity contribution in [3.05, 3.63) is 44.9 Å². The van der Waals surface area contributed by atoms with Crippen molar-refractivity contribution < 1.29 is 4.79 Å². The zero-order valence-corrected chi connectivity index (χ0v) is 17.9. The van der Waals surface area contributed by atoms with Crippen LogP contribution < -0.4 is 0 Å². The standard InChI is InChI=1S/C20H23N5OS2/c1-12-19(17-4-7-21-13(2)23-17)28-20(22-12)15-5-8-25(9-6-15)18(26)10-16-11-27-14(3)24-16/h4,7,11,15H,5-6,8-10H2,1-3H3. The van der Waals surface area contributed by atoms with Crippen LogP contribution in [0.3, 0.4) is 0 Å². The summed E-state index contributed by atoms with van der Waals surface area (Å²) in [6.07, 6.45) is 4.11. The minimum absolute atomic E-state index is 0.177. The summed E-state index contributed by atoms with van der Waals surface area (Å²) in [5.41, 5.74) is 2.85. The molecular weight excluding hydrogens is 390 g/mol. The molecule has 8 heteroatoms. The van der Waals surface area contributed by atoms with Gasteiger partial charge in [-0.1, -0.05) is 0 Å². The zero-order chi connectivity index (χ0) is 19.7. The second-order valence-electron chi connectivity index (χ2n) is 7.15. The van der Waals surface area contributed by atoms with Gasteiger partial charge in [-0.2, -0.15) is 0 Å². The summed E-state index contributed by atoms with van der Waals surface area (Å²) >= 11 is 3.32. The van der Waals surface area contributed by atoms with Gasteiger partial charge in [0.05, 0.1) is 38.4 Å². The first kappa shape index (κ1) is 19.1. The van der Waals surface area contributed by atoms with Crippen molar-refractivity contribution in [1.82, 2.24) is 24.8 Å². The second kappa shape index (κ2) is 8.05. The van der Waals surface area contributed by atoms with Gasteiger partial charge in [0.2, 0.25) is 5.91 Å². The maximum Gasteiger partial charge on any atom is 0.228 e. The van der Waals surface area contributed by atoms with Gasteiger partial charge in [0.15, 0.2) is 0 Å². The Morgan fingerprint density at radius 2 is 1.96 bits per heavy atom. The molecule has 0 saturated carbocycles. The fourth-order valence-electron chi connectivity index (χ4n) is 3.54. The van der Waals surface area contributed by atoms with Gasteiger partial charge in [-0.3, -0.25) is 4.79 Å². The van der Waals surface area contributed by atoms with E-state index in [4.69, 9.17) is 4.98 Å². The van der Waals surface area contributed by atoms with E-state index in [0.29, 0.717) is 12.3 Å². The molecule has 0 unspecified atom stereocenters. The number of aryl methyl sites for hydroxylation is 3. The molecule has 1 aliphatic rings. The Morgan fingerprint density at radius 1 is 1.18 bits per heavy atom. The van der Waals surface area contributed by atoms with Crippen molar-refractivity contribution in [3.63, 3.8) is 0 Å². The molecule has 1 aliphatic heterocycles. The third-order valence-electron chi connectivity index (χ3n) is 5.02. The molecule has 1 amide bonds. The van der Waals surface area contributed by atoms with Crippen molar-refractivity contribution in [2.45, 2.75) is 46.0 Å². The monoisotopic (exact) mass is 413 g/mol. The Hall–Kier alpha value is -2.19. The molecular formula is C20H23N5OS2. The lowest BCUT2D eigenvalue weighted by Gasteiger charge is -2.31. The van der Waals surface area contributed by atoms with Crippen LogP contribution in [-0.4, -0.2) is 43.8 Å². The largest absolute Gasteiger partial charge is 0.342 e. The van der Waals surface area contributed by atoms with Crippen LogP contribution in [-0.2, 0) is 11.2 Å². The zero-order valence-electron chi connectivity index (χ0n) is 16.3. The molecule has 0 aromatic carbocycles. The molecule has 0 aliphatic carbocycles. The van der Waals surface area contributed by atoms with Crippen LogP contribution in [0.15, 0.2) is 17.6 Å². The predicted octanol–water partition coefficient (Wildman–Crippen LogP) is 3.93. The predicted molar refractivity (Wildman–Crippen MR) is 112 cm³/mol. The number of likely N-dealkylation sites (tertiary alicyclic amines) is 1. The number of hydrogen-bond donors (Lipinski definition) is 0. The van der Waals surface area contributed by atoms with Gasteiger partial charge in [-0.05, 0) is 39.7 Å². The van der Waals surface area contributed by atoms with E-state index in [-0.39, 0.29) is 5.91 Å². The highest BCUT2D eigenvalue weighted by Gasteiger charge is 2.27. The van der Waals surface area contributed by atoms with Gasteiger partial charge in [-0.15, -0.1) is 22.7 Å². The summed E-state index contributed by atoms with van der Waals surface area (Å²) < 4.78 is 0. The molecule has 0 N–H and O–H groups in total. The van der Waals surface area contributed by atoms with Crippen LogP contribution in [0, 0.1) is 20.8 Å². The molecule has 0 atom stereocenters. The van der Waals surface area contributed by atoms with Crippen LogP contribution in [0.4, 0.5) is 0 Å². The Kier molecular flexibility index (Phi) is 5.50. The second-order valence-corrected chi connectivity index (χ2v) is 9.24. The van der Waals surface area contributed by atoms with Crippen molar-refractivity contribution in [1.29, 1.82) is 0 Å². The fourth-order valence-corrected chi connectivity index (χ4v) is 5.36. The van der Waals surface area contributed by atoms with E-state index in [1.807, 2.05) is 37.1 Å². The molecule has 1 fully saturated rings. The fraction of sp³-hybridized carbons (Fsp3) is 0.450. The summed E-state index contributed by atoms with van der Waals surface area (Å²) in [7, 11) is 0. The van der Waals surface area contributed by atoms with Crippen LogP contribution >= 0.6 is 22.7 Å². The van der Waals surface area contributed by atoms with E-state index >= 15 is 0 Å². The number of carbonyl (C=O) groups is 1. The van der Waals surface area contributed by atoms with E-state index in [0.717, 1.165) is 63.7 Å². The maximum atomic E-state index is 12.6. The lowest BCUT2D eigenvalue weighted by molar-refractivity contribution is -0.131. The highest BCUT2D eigenvalue weighted by atomic mass is 32.1. The molecule has 1 saturated heterocycles. The summed E-state index contributed by atoms with van der Waals surface area (Å²) in [4.78, 5) is 33.6. The number of nitrogens with zero attached hydrogens (tertiary/aromatic N) is 5. The lowest BCUT2D eigenvalue weighted by atomic mass is 9.97. The van der Waals surface area contributed by atoms with Crippen LogP contribution in [0.2, 0.25) is 0 Å². The molecule has 0 radical (unpaired) electrons. The van der Waals surface area contributed by atoms with Crippen LogP contribution in [0.5, 0.6) is 0 Å². The van der Waals surface area contributed by atoms with Crippen LogP contribution in [0.25, 0.3) is 10.6 Å². The van der Waals surface area contributed by atoms with Crippen LogP contribution in [0.1, 0.15) is 46.0 Å². The average Bonchev–Trinajstić information content (AvgIpc) is 3.27. The highest BCUT2D eigenvalue weighted by molar-refractivity contribution is 7.15. The van der Waals surface area contributed by atoms with E-state index in [1.54, 1.807) is 28.9 Å². The number of thiazole rings is 2. The topological polar surface area (TPSA) is 71.9 Å². The Bertz CT molecular complexity index is 988. The molecule has 4 rings (SSSR count). The van der Waals surface area contributed by atoms with Gasteiger partial charge < -0.3 is 4.90 Å². The summed E-state index contributed by atoms with van der Waals surface area (Å²) in [5.74, 6) is 1.36. The molecule has 6 nitrogen and oxygen atoms in total. The van der Waals surface area contributed by atoms with E-state index in [1.165, 1.54) is 0 Å². The van der Waals surface area contributed by atoms with Crippen molar-refractivity contribution in [2.75, 3.05) is 13.1 Å². The third kappa shape index (κ3) is 4.12. The van der Waals surface area contributed by atoms with E-state index in [9.17, 15) is 4.79 Å². The first-order valence-corrected chi connectivity index (χ1v) is 11.2. The van der Waals surface area contributed by atoms with Crippen molar-refractivity contribution in [3.8, 4) is 10.6 Å². The first-order chi connectivity index (χ1) is 13.5. The maximum absolute atomic E-state index is 12.6. The number of hydrogen-bond acceptors (Lipinski definition) is 7. The minimum Gasteiger partial charge on any atom is -0.342 e. The number of carbonyl (C=O) groups excluding carboxylic acids is 1. The number of aromatic nitrogens is 4. The molecule has 4 heterocycles. The molecule has 3 aromatic heterocycles. The number of piperidine rings is 1.